The Morgan fingerprint density at radius 3 is 0.925 bits per heavy atom. The zero-order chi connectivity index (χ0) is 38.5. The van der Waals surface area contributed by atoms with Gasteiger partial charge >= 0.3 is 17.9 Å². The first-order chi connectivity index (χ1) is 25.1. The fourth-order valence-electron chi connectivity index (χ4n) is 6.68. The van der Waals surface area contributed by atoms with E-state index in [2.05, 4.69) is 13.8 Å². The largest absolute Gasteiger partial charge is 1.00 e. The van der Waals surface area contributed by atoms with Gasteiger partial charge in [0.2, 0.25) is 0 Å². The molecule has 1 unspecified atom stereocenters. The standard InChI is InChI=1S/C44H85NO7.ClH/c1-6-8-10-12-14-16-18-20-22-24-26-28-30-32-34-36-41(46)50-38-40(52-43(44(48)49)45(3,4)5)39-51-42(47)37-35-33-31-29-27-25-23-21-19-17-15-13-11-9-7-2;/h40,43H,6-39H2,1-5H3;1H. The van der Waals surface area contributed by atoms with E-state index < -0.39 is 18.3 Å². The Bertz CT molecular complexity index is 785. The molecule has 0 aliphatic carbocycles. The second kappa shape index (κ2) is 38.9. The summed E-state index contributed by atoms with van der Waals surface area (Å²) in [5.41, 5.74) is 0. The molecule has 0 amide bonds. The van der Waals surface area contributed by atoms with Crippen LogP contribution >= 0.6 is 0 Å². The van der Waals surface area contributed by atoms with Gasteiger partial charge < -0.3 is 31.7 Å². The van der Waals surface area contributed by atoms with E-state index in [0.29, 0.717) is 12.8 Å². The normalized spacial score (nSPS) is 12.1. The Morgan fingerprint density at radius 2 is 0.698 bits per heavy atom. The number of carbonyl (C=O) groups is 3. The third kappa shape index (κ3) is 37.3. The minimum atomic E-state index is -1.19. The molecule has 0 bridgehead atoms. The second-order valence-corrected chi connectivity index (χ2v) is 16.3. The summed E-state index contributed by atoms with van der Waals surface area (Å²) in [6, 6.07) is 0. The molecule has 8 nitrogen and oxygen atoms in total. The third-order valence-corrected chi connectivity index (χ3v) is 10.1. The number of hydrogen-bond acceptors (Lipinski definition) is 6. The number of nitrogens with zero attached hydrogens (tertiary/aromatic N) is 1. The molecule has 316 valence electrons. The fraction of sp³-hybridized carbons (Fsp3) is 0.932. The SMILES string of the molecule is CCCCCCCCCCCCCCCCCC(=O)OCC(COC(=O)CCCCCCCCCCCCCCCCC)OC(C(=O)O)[N+](C)(C)C.[Cl-]. The highest BCUT2D eigenvalue weighted by atomic mass is 35.5. The van der Waals surface area contributed by atoms with E-state index >= 15 is 0 Å². The number of esters is 2. The highest BCUT2D eigenvalue weighted by Crippen LogP contribution is 2.16. The number of quaternary nitrogens is 1. The van der Waals surface area contributed by atoms with E-state index in [4.69, 9.17) is 14.2 Å². The number of unbranched alkanes of at least 4 members (excludes halogenated alkanes) is 28. The maximum absolute atomic E-state index is 12.5. The second-order valence-electron chi connectivity index (χ2n) is 16.3. The highest BCUT2D eigenvalue weighted by molar-refractivity contribution is 5.71. The van der Waals surface area contributed by atoms with Gasteiger partial charge in [-0.2, -0.15) is 0 Å². The molecule has 1 atom stereocenters. The van der Waals surface area contributed by atoms with Gasteiger partial charge in [-0.1, -0.05) is 194 Å². The van der Waals surface area contributed by atoms with Crippen LogP contribution in [0.2, 0.25) is 0 Å². The van der Waals surface area contributed by atoms with Crippen molar-refractivity contribution in [3.05, 3.63) is 0 Å². The van der Waals surface area contributed by atoms with Gasteiger partial charge in [-0.3, -0.25) is 14.1 Å². The van der Waals surface area contributed by atoms with Crippen molar-refractivity contribution in [3.8, 4) is 0 Å². The van der Waals surface area contributed by atoms with Crippen LogP contribution in [0.5, 0.6) is 0 Å². The number of likely N-dealkylation sites (N-methyl/N-ethyl adjacent to an activating group) is 1. The summed E-state index contributed by atoms with van der Waals surface area (Å²) < 4.78 is 16.8. The topological polar surface area (TPSA) is 99.1 Å². The molecule has 0 fully saturated rings. The molecule has 0 aliphatic rings. The molecule has 53 heavy (non-hydrogen) atoms. The summed E-state index contributed by atoms with van der Waals surface area (Å²) in [6.07, 6.45) is 36.5. The summed E-state index contributed by atoms with van der Waals surface area (Å²) in [4.78, 5) is 36.9. The van der Waals surface area contributed by atoms with Crippen LogP contribution in [0.25, 0.3) is 0 Å². The maximum Gasteiger partial charge on any atom is 0.392 e. The van der Waals surface area contributed by atoms with Crippen molar-refractivity contribution >= 4 is 17.9 Å². The minimum absolute atomic E-state index is 0. The summed E-state index contributed by atoms with van der Waals surface area (Å²) in [5, 5.41) is 9.76. The molecule has 0 saturated heterocycles. The van der Waals surface area contributed by atoms with Crippen LogP contribution in [0.4, 0.5) is 0 Å². The monoisotopic (exact) mass is 776 g/mol. The van der Waals surface area contributed by atoms with Crippen molar-refractivity contribution in [2.75, 3.05) is 34.4 Å². The van der Waals surface area contributed by atoms with Crippen molar-refractivity contribution in [1.29, 1.82) is 0 Å². The summed E-state index contributed by atoms with van der Waals surface area (Å²) in [6.45, 7) is 4.24. The summed E-state index contributed by atoms with van der Waals surface area (Å²) >= 11 is 0. The molecule has 9 heteroatoms. The third-order valence-electron chi connectivity index (χ3n) is 10.1. The Morgan fingerprint density at radius 1 is 0.453 bits per heavy atom. The molecule has 0 aromatic carbocycles. The number of aliphatic carboxylic acids is 1. The first-order valence-electron chi connectivity index (χ1n) is 22.1. The lowest BCUT2D eigenvalue weighted by molar-refractivity contribution is -0.911. The van der Waals surface area contributed by atoms with Crippen molar-refractivity contribution < 1.29 is 50.6 Å². The summed E-state index contributed by atoms with van der Waals surface area (Å²) in [5.74, 6) is -1.78. The van der Waals surface area contributed by atoms with Crippen LogP contribution in [0.1, 0.15) is 219 Å². The van der Waals surface area contributed by atoms with E-state index in [9.17, 15) is 19.5 Å². The maximum atomic E-state index is 12.5. The van der Waals surface area contributed by atoms with Crippen LogP contribution in [0.15, 0.2) is 0 Å². The van der Waals surface area contributed by atoms with Crippen molar-refractivity contribution in [3.63, 3.8) is 0 Å². The highest BCUT2D eigenvalue weighted by Gasteiger charge is 2.36. The molecular weight excluding hydrogens is 690 g/mol. The molecule has 0 aliphatic heterocycles. The molecule has 1 N–H and O–H groups in total. The van der Waals surface area contributed by atoms with Gasteiger partial charge in [0.05, 0.1) is 21.1 Å². The van der Waals surface area contributed by atoms with E-state index in [0.717, 1.165) is 38.5 Å². The lowest BCUT2D eigenvalue weighted by Gasteiger charge is -2.32. The zero-order valence-corrected chi connectivity index (χ0v) is 36.2. The summed E-state index contributed by atoms with van der Waals surface area (Å²) in [7, 11) is 5.17. The minimum Gasteiger partial charge on any atom is -1.00 e. The van der Waals surface area contributed by atoms with Crippen molar-refractivity contribution in [1.82, 2.24) is 0 Å². The number of ether oxygens (including phenoxy) is 3. The van der Waals surface area contributed by atoms with E-state index in [-0.39, 0.29) is 42.0 Å². The van der Waals surface area contributed by atoms with Crippen LogP contribution in [0.3, 0.4) is 0 Å². The predicted molar refractivity (Wildman–Crippen MR) is 215 cm³/mol. The smallest absolute Gasteiger partial charge is 0.392 e. The molecule has 0 saturated carbocycles. The fourth-order valence-corrected chi connectivity index (χ4v) is 6.68. The van der Waals surface area contributed by atoms with Gasteiger partial charge in [-0.05, 0) is 12.8 Å². The van der Waals surface area contributed by atoms with E-state index in [1.54, 1.807) is 21.1 Å². The number of carboxylic acid groups (broad SMARTS) is 1. The average Bonchev–Trinajstić information content (AvgIpc) is 3.10. The van der Waals surface area contributed by atoms with Crippen LogP contribution in [0, 0.1) is 0 Å². The quantitative estimate of drug-likeness (QED) is 0.0287. The van der Waals surface area contributed by atoms with E-state index in [1.165, 1.54) is 154 Å². The van der Waals surface area contributed by atoms with Gasteiger partial charge in [0.25, 0.3) is 6.23 Å². The van der Waals surface area contributed by atoms with E-state index in [1.807, 2.05) is 0 Å². The van der Waals surface area contributed by atoms with Crippen LogP contribution < -0.4 is 12.4 Å². The van der Waals surface area contributed by atoms with Crippen LogP contribution in [-0.4, -0.2) is 74.2 Å². The first-order valence-corrected chi connectivity index (χ1v) is 22.1. The predicted octanol–water partition coefficient (Wildman–Crippen LogP) is 9.10. The van der Waals surface area contributed by atoms with Gasteiger partial charge in [-0.15, -0.1) is 0 Å². The number of carboxylic acids is 1. The Balaban J connectivity index is 0. The van der Waals surface area contributed by atoms with Crippen LogP contribution in [-0.2, 0) is 28.6 Å². The lowest BCUT2D eigenvalue weighted by atomic mass is 10.0. The van der Waals surface area contributed by atoms with Crippen molar-refractivity contribution in [2.45, 2.75) is 232 Å². The Hall–Kier alpha value is -1.38. The first kappa shape index (κ1) is 53.7. The zero-order valence-electron chi connectivity index (χ0n) is 35.4. The Labute approximate surface area is 333 Å². The molecule has 0 rings (SSSR count). The molecule has 0 aromatic heterocycles. The lowest BCUT2D eigenvalue weighted by Crippen LogP contribution is -3.00. The molecule has 0 spiro atoms. The molecular formula is C44H86ClNO7. The van der Waals surface area contributed by atoms with Gasteiger partial charge in [0, 0.05) is 12.8 Å². The van der Waals surface area contributed by atoms with Crippen molar-refractivity contribution in [2.24, 2.45) is 0 Å². The van der Waals surface area contributed by atoms with Gasteiger partial charge in [0.15, 0.2) is 0 Å². The Kier molecular flexibility index (Phi) is 39.4. The number of rotatable bonds is 40. The molecule has 0 radical (unpaired) electrons. The molecule has 0 aromatic rings. The number of carbonyl (C=O) groups excluding carboxylic acids is 2. The van der Waals surface area contributed by atoms with Gasteiger partial charge in [-0.25, -0.2) is 4.79 Å². The average molecular weight is 777 g/mol. The number of hydrogen-bond donors (Lipinski definition) is 1. The van der Waals surface area contributed by atoms with Gasteiger partial charge in [0.1, 0.15) is 19.3 Å². The molecule has 0 heterocycles. The number of halogens is 1.